The van der Waals surface area contributed by atoms with E-state index in [1.807, 2.05) is 20.8 Å². The van der Waals surface area contributed by atoms with E-state index in [1.54, 1.807) is 0 Å². The van der Waals surface area contributed by atoms with Crippen LogP contribution in [0.2, 0.25) is 0 Å². The lowest BCUT2D eigenvalue weighted by atomic mass is 9.74. The van der Waals surface area contributed by atoms with Crippen molar-refractivity contribution < 1.29 is 14.6 Å². The summed E-state index contributed by atoms with van der Waals surface area (Å²) in [5.41, 5.74) is -0.651. The summed E-state index contributed by atoms with van der Waals surface area (Å²) in [5, 5.41) is 9.28. The predicted octanol–water partition coefficient (Wildman–Crippen LogP) is 2.69. The first kappa shape index (κ1) is 12.5. The lowest BCUT2D eigenvalue weighted by Crippen LogP contribution is -2.38. The molecule has 0 aromatic heterocycles. The molecule has 88 valence electrons. The third kappa shape index (κ3) is 2.94. The smallest absolute Gasteiger partial charge is 0.309 e. The number of rotatable bonds is 4. The van der Waals surface area contributed by atoms with E-state index in [0.29, 0.717) is 6.42 Å². The Morgan fingerprint density at radius 2 is 2.20 bits per heavy atom. The average Bonchev–Trinajstić information content (AvgIpc) is 2.18. The van der Waals surface area contributed by atoms with Crippen LogP contribution in [-0.4, -0.2) is 23.8 Å². The van der Waals surface area contributed by atoms with Gasteiger partial charge in [-0.15, -0.1) is 0 Å². The van der Waals surface area contributed by atoms with Crippen LogP contribution < -0.4 is 0 Å². The highest BCUT2D eigenvalue weighted by molar-refractivity contribution is 5.74. The zero-order chi connectivity index (χ0) is 11.5. The monoisotopic (exact) mass is 214 g/mol. The largest absolute Gasteiger partial charge is 0.481 e. The van der Waals surface area contributed by atoms with Crippen molar-refractivity contribution >= 4 is 5.97 Å². The third-order valence-electron chi connectivity index (χ3n) is 3.69. The van der Waals surface area contributed by atoms with Crippen molar-refractivity contribution in [2.24, 2.45) is 11.3 Å². The van der Waals surface area contributed by atoms with Gasteiger partial charge in [-0.25, -0.2) is 0 Å². The Kier molecular flexibility index (Phi) is 4.14. The second-order valence-electron chi connectivity index (χ2n) is 5.07. The molecule has 1 aliphatic heterocycles. The summed E-state index contributed by atoms with van der Waals surface area (Å²) in [6.07, 6.45) is 4.07. The van der Waals surface area contributed by atoms with Crippen LogP contribution in [-0.2, 0) is 9.53 Å². The van der Waals surface area contributed by atoms with Gasteiger partial charge in [-0.05, 0) is 38.5 Å². The highest BCUT2D eigenvalue weighted by atomic mass is 16.5. The lowest BCUT2D eigenvalue weighted by molar-refractivity contribution is -0.154. The summed E-state index contributed by atoms with van der Waals surface area (Å²) in [4.78, 5) is 11.3. The van der Waals surface area contributed by atoms with Crippen molar-refractivity contribution in [1.29, 1.82) is 0 Å². The minimum atomic E-state index is -0.702. The standard InChI is InChI=1S/C12H22O3/c1-9(2)12(3,11(13)14)8-10-6-4-5-7-15-10/h9-10H,4-8H2,1-3H3,(H,13,14). The molecule has 1 aliphatic rings. The fourth-order valence-electron chi connectivity index (χ4n) is 2.01. The Hall–Kier alpha value is -0.570. The summed E-state index contributed by atoms with van der Waals surface area (Å²) in [6.45, 7) is 6.56. The molecule has 15 heavy (non-hydrogen) atoms. The molecule has 0 saturated carbocycles. The van der Waals surface area contributed by atoms with Crippen LogP contribution in [0.1, 0.15) is 46.5 Å². The molecule has 1 heterocycles. The molecule has 3 heteroatoms. The topological polar surface area (TPSA) is 46.5 Å². The van der Waals surface area contributed by atoms with Gasteiger partial charge in [0.05, 0.1) is 11.5 Å². The molecule has 1 fully saturated rings. The third-order valence-corrected chi connectivity index (χ3v) is 3.69. The number of aliphatic carboxylic acids is 1. The molecule has 1 rings (SSSR count). The minimum absolute atomic E-state index is 0.139. The van der Waals surface area contributed by atoms with Crippen LogP contribution in [0.15, 0.2) is 0 Å². The summed E-state index contributed by atoms with van der Waals surface area (Å²) in [6, 6.07) is 0. The predicted molar refractivity (Wildman–Crippen MR) is 58.8 cm³/mol. The summed E-state index contributed by atoms with van der Waals surface area (Å²) < 4.78 is 5.61. The van der Waals surface area contributed by atoms with Crippen molar-refractivity contribution in [3.8, 4) is 0 Å². The van der Waals surface area contributed by atoms with Gasteiger partial charge in [0, 0.05) is 6.61 Å². The molecule has 0 amide bonds. The molecule has 3 nitrogen and oxygen atoms in total. The zero-order valence-corrected chi connectivity index (χ0v) is 9.95. The van der Waals surface area contributed by atoms with Gasteiger partial charge in [0.15, 0.2) is 0 Å². The maximum absolute atomic E-state index is 11.3. The van der Waals surface area contributed by atoms with Gasteiger partial charge in [0.1, 0.15) is 0 Å². The fourth-order valence-corrected chi connectivity index (χ4v) is 2.01. The summed E-state index contributed by atoms with van der Waals surface area (Å²) >= 11 is 0. The normalized spacial score (nSPS) is 26.3. The molecule has 0 aromatic rings. The Bertz CT molecular complexity index is 219. The van der Waals surface area contributed by atoms with E-state index in [9.17, 15) is 9.90 Å². The van der Waals surface area contributed by atoms with Crippen molar-refractivity contribution in [3.63, 3.8) is 0 Å². The van der Waals surface area contributed by atoms with Crippen LogP contribution in [0.4, 0.5) is 0 Å². The number of ether oxygens (including phenoxy) is 1. The zero-order valence-electron chi connectivity index (χ0n) is 9.95. The van der Waals surface area contributed by atoms with Gasteiger partial charge in [-0.3, -0.25) is 4.79 Å². The Balaban J connectivity index is 2.61. The Labute approximate surface area is 91.8 Å². The quantitative estimate of drug-likeness (QED) is 0.782. The molecule has 2 atom stereocenters. The SMILES string of the molecule is CC(C)C(C)(CC1CCCCO1)C(=O)O. The van der Waals surface area contributed by atoms with Gasteiger partial charge in [-0.2, -0.15) is 0 Å². The number of hydrogen-bond acceptors (Lipinski definition) is 2. The van der Waals surface area contributed by atoms with Crippen molar-refractivity contribution in [2.75, 3.05) is 6.61 Å². The van der Waals surface area contributed by atoms with E-state index >= 15 is 0 Å². The Morgan fingerprint density at radius 3 is 2.60 bits per heavy atom. The van der Waals surface area contributed by atoms with E-state index in [2.05, 4.69) is 0 Å². The van der Waals surface area contributed by atoms with Gasteiger partial charge in [-0.1, -0.05) is 13.8 Å². The second-order valence-corrected chi connectivity index (χ2v) is 5.07. The summed E-state index contributed by atoms with van der Waals surface area (Å²) in [7, 11) is 0. The number of carbonyl (C=O) groups is 1. The maximum atomic E-state index is 11.3. The van der Waals surface area contributed by atoms with E-state index in [-0.39, 0.29) is 12.0 Å². The molecule has 0 spiro atoms. The molecule has 0 aliphatic carbocycles. The van der Waals surface area contributed by atoms with Crippen LogP contribution in [0.3, 0.4) is 0 Å². The van der Waals surface area contributed by atoms with Crippen LogP contribution in [0, 0.1) is 11.3 Å². The van der Waals surface area contributed by atoms with E-state index in [0.717, 1.165) is 19.4 Å². The van der Waals surface area contributed by atoms with Gasteiger partial charge in [0.2, 0.25) is 0 Å². The number of carboxylic acid groups (broad SMARTS) is 1. The molecule has 1 saturated heterocycles. The molecule has 0 bridgehead atoms. The van der Waals surface area contributed by atoms with Crippen LogP contribution >= 0.6 is 0 Å². The van der Waals surface area contributed by atoms with E-state index in [1.165, 1.54) is 6.42 Å². The minimum Gasteiger partial charge on any atom is -0.481 e. The summed E-state index contributed by atoms with van der Waals surface area (Å²) in [5.74, 6) is -0.563. The second kappa shape index (κ2) is 4.97. The van der Waals surface area contributed by atoms with E-state index in [4.69, 9.17) is 4.74 Å². The number of carboxylic acids is 1. The fraction of sp³-hybridized carbons (Fsp3) is 0.917. The first-order valence-electron chi connectivity index (χ1n) is 5.82. The first-order valence-corrected chi connectivity index (χ1v) is 5.82. The highest BCUT2D eigenvalue weighted by Gasteiger charge is 2.39. The molecule has 2 unspecified atom stereocenters. The van der Waals surface area contributed by atoms with Crippen molar-refractivity contribution in [3.05, 3.63) is 0 Å². The van der Waals surface area contributed by atoms with Crippen LogP contribution in [0.5, 0.6) is 0 Å². The molecular weight excluding hydrogens is 192 g/mol. The molecule has 0 radical (unpaired) electrons. The highest BCUT2D eigenvalue weighted by Crippen LogP contribution is 2.35. The number of hydrogen-bond donors (Lipinski definition) is 1. The molecular formula is C12H22O3. The lowest BCUT2D eigenvalue weighted by Gasteiger charge is -2.34. The first-order chi connectivity index (χ1) is 6.97. The average molecular weight is 214 g/mol. The van der Waals surface area contributed by atoms with Crippen molar-refractivity contribution in [1.82, 2.24) is 0 Å². The van der Waals surface area contributed by atoms with Gasteiger partial charge < -0.3 is 9.84 Å². The van der Waals surface area contributed by atoms with Crippen LogP contribution in [0.25, 0.3) is 0 Å². The molecule has 1 N–H and O–H groups in total. The Morgan fingerprint density at radius 1 is 1.53 bits per heavy atom. The van der Waals surface area contributed by atoms with Gasteiger partial charge >= 0.3 is 5.97 Å². The van der Waals surface area contributed by atoms with E-state index < -0.39 is 11.4 Å². The maximum Gasteiger partial charge on any atom is 0.309 e. The molecule has 0 aromatic carbocycles. The van der Waals surface area contributed by atoms with Crippen molar-refractivity contribution in [2.45, 2.75) is 52.6 Å². The van der Waals surface area contributed by atoms with Gasteiger partial charge in [0.25, 0.3) is 0 Å².